The van der Waals surface area contributed by atoms with E-state index < -0.39 is 6.17 Å². The van der Waals surface area contributed by atoms with E-state index in [9.17, 15) is 14.0 Å². The number of nitrogens with one attached hydrogen (secondary N) is 1. The highest BCUT2D eigenvalue weighted by atomic mass is 19.1. The molecular formula is C19H17FN6O2. The van der Waals surface area contributed by atoms with Gasteiger partial charge in [-0.3, -0.25) is 9.59 Å². The number of amides is 1. The van der Waals surface area contributed by atoms with E-state index in [1.807, 2.05) is 17.0 Å². The number of halogens is 1. The lowest BCUT2D eigenvalue weighted by molar-refractivity contribution is 0.0996. The molecule has 5 heterocycles. The SMILES string of the molecule is O=C1c2cn(-c3ccc(N4CC[C@H](F)C4)nc3)nc2CN1c1cc[nH]c(=O)c1. The Morgan fingerprint density at radius 1 is 1.18 bits per heavy atom. The predicted octanol–water partition coefficient (Wildman–Crippen LogP) is 1.66. The van der Waals surface area contributed by atoms with Crippen LogP contribution in [0, 0.1) is 0 Å². The van der Waals surface area contributed by atoms with E-state index in [0.717, 1.165) is 11.5 Å². The fraction of sp³-hybridized carbons (Fsp3) is 0.263. The lowest BCUT2D eigenvalue weighted by atomic mass is 10.3. The normalized spacial score (nSPS) is 18.8. The highest BCUT2D eigenvalue weighted by Gasteiger charge is 2.32. The molecule has 3 aromatic rings. The molecule has 0 radical (unpaired) electrons. The number of carbonyl (C=O) groups excluding carboxylic acids is 1. The molecule has 1 fully saturated rings. The number of nitrogens with zero attached hydrogens (tertiary/aromatic N) is 5. The van der Waals surface area contributed by atoms with Crippen LogP contribution < -0.4 is 15.4 Å². The quantitative estimate of drug-likeness (QED) is 0.747. The van der Waals surface area contributed by atoms with Crippen LogP contribution in [0.15, 0.2) is 47.7 Å². The Kier molecular flexibility index (Phi) is 3.75. The Balaban J connectivity index is 1.38. The van der Waals surface area contributed by atoms with Crippen molar-refractivity contribution in [2.45, 2.75) is 19.1 Å². The van der Waals surface area contributed by atoms with Gasteiger partial charge in [0.2, 0.25) is 5.56 Å². The number of alkyl halides is 1. The number of rotatable bonds is 3. The van der Waals surface area contributed by atoms with Crippen LogP contribution in [-0.4, -0.2) is 44.9 Å². The van der Waals surface area contributed by atoms with Crippen LogP contribution in [0.3, 0.4) is 0 Å². The molecule has 0 saturated carbocycles. The van der Waals surface area contributed by atoms with Gasteiger partial charge in [-0.05, 0) is 24.6 Å². The predicted molar refractivity (Wildman–Crippen MR) is 101 cm³/mol. The van der Waals surface area contributed by atoms with Crippen LogP contribution in [0.5, 0.6) is 0 Å². The standard InChI is InChI=1S/C19H17FN6O2/c20-12-4-6-24(9-12)17-2-1-14(8-22-17)26-10-15-16(23-26)11-25(19(15)28)13-3-5-21-18(27)7-13/h1-3,5,7-8,10,12H,4,6,9,11H2,(H,21,27)/t12-/m0/s1. The Hall–Kier alpha value is -3.49. The molecule has 1 atom stereocenters. The van der Waals surface area contributed by atoms with Gasteiger partial charge in [0.25, 0.3) is 5.91 Å². The topological polar surface area (TPSA) is 87.1 Å². The summed E-state index contributed by atoms with van der Waals surface area (Å²) in [6.07, 6.45) is 4.59. The third-order valence-corrected chi connectivity index (χ3v) is 5.10. The minimum Gasteiger partial charge on any atom is -0.354 e. The van der Waals surface area contributed by atoms with Crippen LogP contribution in [0.2, 0.25) is 0 Å². The summed E-state index contributed by atoms with van der Waals surface area (Å²) in [6, 6.07) is 6.77. The van der Waals surface area contributed by atoms with E-state index in [0.29, 0.717) is 43.0 Å². The highest BCUT2D eigenvalue weighted by Crippen LogP contribution is 2.27. The Morgan fingerprint density at radius 3 is 2.75 bits per heavy atom. The molecule has 2 aliphatic heterocycles. The first-order chi connectivity index (χ1) is 13.6. The van der Waals surface area contributed by atoms with Crippen LogP contribution in [-0.2, 0) is 6.54 Å². The molecule has 0 unspecified atom stereocenters. The Labute approximate surface area is 159 Å². The van der Waals surface area contributed by atoms with Gasteiger partial charge in [0.05, 0.1) is 41.9 Å². The van der Waals surface area contributed by atoms with Crippen molar-refractivity contribution in [2.24, 2.45) is 0 Å². The molecule has 0 aromatic carbocycles. The van der Waals surface area contributed by atoms with Gasteiger partial charge >= 0.3 is 0 Å². The van der Waals surface area contributed by atoms with Crippen molar-refractivity contribution in [3.8, 4) is 5.69 Å². The average molecular weight is 380 g/mol. The highest BCUT2D eigenvalue weighted by molar-refractivity contribution is 6.09. The molecule has 142 valence electrons. The molecular weight excluding hydrogens is 363 g/mol. The smallest absolute Gasteiger partial charge is 0.262 e. The van der Waals surface area contributed by atoms with Crippen molar-refractivity contribution in [1.29, 1.82) is 0 Å². The van der Waals surface area contributed by atoms with Gasteiger partial charge in [0.15, 0.2) is 0 Å². The second-order valence-corrected chi connectivity index (χ2v) is 6.94. The second-order valence-electron chi connectivity index (χ2n) is 6.94. The van der Waals surface area contributed by atoms with Crippen LogP contribution in [0.25, 0.3) is 5.69 Å². The van der Waals surface area contributed by atoms with Crippen molar-refractivity contribution in [2.75, 3.05) is 22.9 Å². The summed E-state index contributed by atoms with van der Waals surface area (Å²) in [5, 5.41) is 4.50. The fourth-order valence-corrected chi connectivity index (χ4v) is 3.64. The monoisotopic (exact) mass is 380 g/mol. The number of aromatic nitrogens is 4. The maximum atomic E-state index is 13.4. The van der Waals surface area contributed by atoms with Crippen LogP contribution in [0.4, 0.5) is 15.9 Å². The number of hydrogen-bond donors (Lipinski definition) is 1. The molecule has 9 heteroatoms. The summed E-state index contributed by atoms with van der Waals surface area (Å²) in [4.78, 5) is 34.6. The number of pyridine rings is 2. The van der Waals surface area contributed by atoms with E-state index >= 15 is 0 Å². The summed E-state index contributed by atoms with van der Waals surface area (Å²) in [5.41, 5.74) is 2.16. The first kappa shape index (κ1) is 16.7. The number of carbonyl (C=O) groups is 1. The van der Waals surface area contributed by atoms with E-state index in [2.05, 4.69) is 15.1 Å². The third-order valence-electron chi connectivity index (χ3n) is 5.10. The van der Waals surface area contributed by atoms with E-state index in [4.69, 9.17) is 0 Å². The zero-order valence-electron chi connectivity index (χ0n) is 14.9. The molecule has 0 aliphatic carbocycles. The van der Waals surface area contributed by atoms with Crippen molar-refractivity contribution in [3.63, 3.8) is 0 Å². The molecule has 1 amide bonds. The third kappa shape index (κ3) is 2.75. The number of anilines is 2. The zero-order valence-corrected chi connectivity index (χ0v) is 14.9. The molecule has 2 aliphatic rings. The number of H-pyrrole nitrogens is 1. The summed E-state index contributed by atoms with van der Waals surface area (Å²) >= 11 is 0. The largest absolute Gasteiger partial charge is 0.354 e. The lowest BCUT2D eigenvalue weighted by Crippen LogP contribution is -2.25. The molecule has 28 heavy (non-hydrogen) atoms. The van der Waals surface area contributed by atoms with Gasteiger partial charge in [-0.2, -0.15) is 5.10 Å². The summed E-state index contributed by atoms with van der Waals surface area (Å²) < 4.78 is 15.0. The second kappa shape index (κ2) is 6.29. The molecule has 0 bridgehead atoms. The van der Waals surface area contributed by atoms with E-state index in [1.165, 1.54) is 17.2 Å². The molecule has 1 saturated heterocycles. The molecule has 5 rings (SSSR count). The Bertz CT molecular complexity index is 1110. The lowest BCUT2D eigenvalue weighted by Gasteiger charge is -2.16. The molecule has 3 aromatic heterocycles. The van der Waals surface area contributed by atoms with Crippen LogP contribution >= 0.6 is 0 Å². The summed E-state index contributed by atoms with van der Waals surface area (Å²) in [7, 11) is 0. The summed E-state index contributed by atoms with van der Waals surface area (Å²) in [5.74, 6) is 0.544. The van der Waals surface area contributed by atoms with E-state index in [1.54, 1.807) is 23.1 Å². The maximum Gasteiger partial charge on any atom is 0.262 e. The molecule has 8 nitrogen and oxygen atoms in total. The van der Waals surface area contributed by atoms with Gasteiger partial charge in [-0.1, -0.05) is 0 Å². The van der Waals surface area contributed by atoms with Gasteiger partial charge in [0.1, 0.15) is 12.0 Å². The average Bonchev–Trinajstić information content (AvgIpc) is 3.38. The van der Waals surface area contributed by atoms with Crippen LogP contribution in [0.1, 0.15) is 22.5 Å². The van der Waals surface area contributed by atoms with Gasteiger partial charge in [-0.25, -0.2) is 14.1 Å². The number of fused-ring (bicyclic) bond motifs is 1. The van der Waals surface area contributed by atoms with Gasteiger partial charge < -0.3 is 14.8 Å². The van der Waals surface area contributed by atoms with Crippen molar-refractivity contribution < 1.29 is 9.18 Å². The summed E-state index contributed by atoms with van der Waals surface area (Å²) in [6.45, 7) is 1.34. The van der Waals surface area contributed by atoms with Crippen molar-refractivity contribution in [1.82, 2.24) is 19.7 Å². The van der Waals surface area contributed by atoms with Gasteiger partial charge in [0, 0.05) is 25.0 Å². The first-order valence-electron chi connectivity index (χ1n) is 9.03. The maximum absolute atomic E-state index is 13.4. The van der Waals surface area contributed by atoms with Gasteiger partial charge in [-0.15, -0.1) is 0 Å². The fourth-order valence-electron chi connectivity index (χ4n) is 3.64. The van der Waals surface area contributed by atoms with Crippen molar-refractivity contribution in [3.05, 3.63) is 64.5 Å². The zero-order chi connectivity index (χ0) is 19.3. The minimum atomic E-state index is -0.801. The number of aromatic amines is 1. The number of hydrogen-bond acceptors (Lipinski definition) is 5. The Morgan fingerprint density at radius 2 is 2.07 bits per heavy atom. The van der Waals surface area contributed by atoms with Crippen molar-refractivity contribution >= 4 is 17.4 Å². The molecule has 0 spiro atoms. The first-order valence-corrected chi connectivity index (χ1v) is 9.03. The van der Waals surface area contributed by atoms with E-state index in [-0.39, 0.29) is 11.5 Å². The molecule has 1 N–H and O–H groups in total. The minimum absolute atomic E-state index is 0.192.